The van der Waals surface area contributed by atoms with E-state index in [4.69, 9.17) is 20.7 Å². The highest BCUT2D eigenvalue weighted by Crippen LogP contribution is 2.43. The van der Waals surface area contributed by atoms with Crippen LogP contribution in [-0.4, -0.2) is 92.5 Å². The summed E-state index contributed by atoms with van der Waals surface area (Å²) >= 11 is 2.21. The lowest BCUT2D eigenvalue weighted by Crippen LogP contribution is -2.73. The molecular weight excluding hydrogens is 494 g/mol. The minimum absolute atomic E-state index is 0.0390. The number of esters is 1. The van der Waals surface area contributed by atoms with E-state index in [1.807, 2.05) is 0 Å². The van der Waals surface area contributed by atoms with Crippen molar-refractivity contribution in [3.05, 3.63) is 23.7 Å². The number of rotatable bonds is 10. The molecule has 3 heterocycles. The van der Waals surface area contributed by atoms with Crippen LogP contribution in [0.1, 0.15) is 5.69 Å². The van der Waals surface area contributed by atoms with Gasteiger partial charge in [-0.3, -0.25) is 14.4 Å². The number of aliphatic carboxylic acids is 2. The van der Waals surface area contributed by atoms with Crippen LogP contribution in [0.15, 0.2) is 23.2 Å². The Bertz CT molecular complexity index is 1070. The standard InChI is InChI=1S/C18H19N5O9S2/c1-2-18(16(30)31-3-9(24)25)6-23-14(29)12(15(23)34-7-18)21-13(28)11(22-32-4-10(26)27)8-5-33-17(19)20-8/h2,5,12,15H,1,3-4,6-7H2,(H2,19,20)(H,21,28)(H,24,25)(H,26,27)/t12?,15-,18?/m1/s1. The number of anilines is 1. The third-order valence-electron chi connectivity index (χ3n) is 4.84. The number of nitrogens with two attached hydrogens (primary N) is 1. The van der Waals surface area contributed by atoms with E-state index in [-0.39, 0.29) is 28.8 Å². The number of ether oxygens (including phenoxy) is 1. The number of hydrogen-bond donors (Lipinski definition) is 4. The largest absolute Gasteiger partial charge is 0.479 e. The molecule has 14 nitrogen and oxygen atoms in total. The molecule has 5 N–H and O–H groups in total. The molecule has 0 spiro atoms. The fourth-order valence-corrected chi connectivity index (χ4v) is 5.24. The smallest absolute Gasteiger partial charge is 0.344 e. The van der Waals surface area contributed by atoms with E-state index in [0.717, 1.165) is 11.3 Å². The molecule has 2 aliphatic heterocycles. The Labute approximate surface area is 199 Å². The second-order valence-electron chi connectivity index (χ2n) is 7.13. The Kier molecular flexibility index (Phi) is 7.41. The molecule has 0 aromatic carbocycles. The van der Waals surface area contributed by atoms with E-state index in [2.05, 4.69) is 26.9 Å². The molecule has 1 aromatic rings. The van der Waals surface area contributed by atoms with Crippen LogP contribution in [0.25, 0.3) is 0 Å². The van der Waals surface area contributed by atoms with Crippen molar-refractivity contribution in [1.82, 2.24) is 15.2 Å². The minimum Gasteiger partial charge on any atom is -0.479 e. The molecule has 182 valence electrons. The summed E-state index contributed by atoms with van der Waals surface area (Å²) in [5.74, 6) is -4.63. The number of aromatic nitrogens is 1. The predicted octanol–water partition coefficient (Wildman–Crippen LogP) is -1.27. The summed E-state index contributed by atoms with van der Waals surface area (Å²) in [4.78, 5) is 69.3. The third kappa shape index (κ3) is 5.12. The fourth-order valence-electron chi connectivity index (χ4n) is 3.16. The summed E-state index contributed by atoms with van der Waals surface area (Å²) in [6, 6.07) is -0.962. The lowest BCUT2D eigenvalue weighted by atomic mass is 9.87. The van der Waals surface area contributed by atoms with Crippen LogP contribution in [0.3, 0.4) is 0 Å². The Morgan fingerprint density at radius 1 is 1.35 bits per heavy atom. The van der Waals surface area contributed by atoms with Gasteiger partial charge in [0.15, 0.2) is 17.5 Å². The summed E-state index contributed by atoms with van der Waals surface area (Å²) in [6.45, 7) is 1.91. The van der Waals surface area contributed by atoms with Crippen molar-refractivity contribution in [3.8, 4) is 0 Å². The van der Waals surface area contributed by atoms with Crippen LogP contribution in [0.4, 0.5) is 5.13 Å². The van der Waals surface area contributed by atoms with Crippen LogP contribution in [0.5, 0.6) is 0 Å². The first-order valence-electron chi connectivity index (χ1n) is 9.46. The third-order valence-corrected chi connectivity index (χ3v) is 7.06. The molecule has 1 aromatic heterocycles. The van der Waals surface area contributed by atoms with Gasteiger partial charge in [-0.15, -0.1) is 29.7 Å². The number of thioether (sulfide) groups is 1. The first-order valence-corrected chi connectivity index (χ1v) is 11.4. The van der Waals surface area contributed by atoms with Crippen molar-refractivity contribution in [1.29, 1.82) is 0 Å². The predicted molar refractivity (Wildman–Crippen MR) is 118 cm³/mol. The number of thiazole rings is 1. The molecule has 3 atom stereocenters. The summed E-state index contributed by atoms with van der Waals surface area (Å²) in [7, 11) is 0. The maximum absolute atomic E-state index is 12.8. The molecule has 34 heavy (non-hydrogen) atoms. The molecule has 0 radical (unpaired) electrons. The van der Waals surface area contributed by atoms with Crippen LogP contribution >= 0.6 is 23.1 Å². The molecule has 2 aliphatic rings. The van der Waals surface area contributed by atoms with E-state index in [1.165, 1.54) is 28.1 Å². The normalized spacial score (nSPS) is 23.8. The molecule has 2 saturated heterocycles. The first-order chi connectivity index (χ1) is 16.1. The fraction of sp³-hybridized carbons (Fsp3) is 0.389. The number of nitrogens with zero attached hydrogens (tertiary/aromatic N) is 3. The number of carbonyl (C=O) groups is 5. The second-order valence-corrected chi connectivity index (χ2v) is 9.12. The number of nitrogens with one attached hydrogen (secondary N) is 1. The SMILES string of the molecule is C=CC1(C(=O)OCC(=O)O)CS[C@@H]2C(NC(=O)C(=NOCC(=O)O)c3csc(N)n3)C(=O)N2C1. The number of hydrogen-bond acceptors (Lipinski definition) is 12. The average Bonchev–Trinajstić information content (AvgIpc) is 3.23. The summed E-state index contributed by atoms with van der Waals surface area (Å²) < 4.78 is 4.79. The number of nitrogen functional groups attached to an aromatic ring is 1. The van der Waals surface area contributed by atoms with Gasteiger partial charge in [-0.05, 0) is 0 Å². The molecule has 0 aliphatic carbocycles. The zero-order chi connectivity index (χ0) is 25.0. The van der Waals surface area contributed by atoms with Gasteiger partial charge in [-0.25, -0.2) is 14.6 Å². The van der Waals surface area contributed by atoms with Crippen LogP contribution in [0.2, 0.25) is 0 Å². The van der Waals surface area contributed by atoms with Gasteiger partial charge < -0.3 is 35.7 Å². The van der Waals surface area contributed by atoms with Crippen LogP contribution in [-0.2, 0) is 33.5 Å². The lowest BCUT2D eigenvalue weighted by molar-refractivity contribution is -0.164. The van der Waals surface area contributed by atoms with Crippen molar-refractivity contribution in [2.75, 3.05) is 31.2 Å². The highest BCUT2D eigenvalue weighted by atomic mass is 32.2. The maximum atomic E-state index is 12.8. The van der Waals surface area contributed by atoms with Gasteiger partial charge in [-0.1, -0.05) is 11.2 Å². The number of β-lactam (4-membered cyclic amide) rings is 1. The zero-order valence-corrected chi connectivity index (χ0v) is 19.0. The quantitative estimate of drug-likeness (QED) is 0.0948. The van der Waals surface area contributed by atoms with Gasteiger partial charge in [0.25, 0.3) is 5.91 Å². The number of amides is 2. The molecule has 16 heteroatoms. The lowest BCUT2D eigenvalue weighted by Gasteiger charge is -2.53. The Morgan fingerprint density at radius 2 is 2.06 bits per heavy atom. The molecule has 0 saturated carbocycles. The van der Waals surface area contributed by atoms with Crippen molar-refractivity contribution < 1.29 is 43.8 Å². The highest BCUT2D eigenvalue weighted by Gasteiger charge is 2.57. The minimum atomic E-state index is -1.32. The topological polar surface area (TPSA) is 211 Å². The van der Waals surface area contributed by atoms with Crippen molar-refractivity contribution >= 4 is 63.7 Å². The number of carboxylic acid groups (broad SMARTS) is 2. The highest BCUT2D eigenvalue weighted by molar-refractivity contribution is 8.00. The maximum Gasteiger partial charge on any atom is 0.344 e. The van der Waals surface area contributed by atoms with Gasteiger partial charge >= 0.3 is 17.9 Å². The van der Waals surface area contributed by atoms with Gasteiger partial charge in [0.05, 0.1) is 0 Å². The number of fused-ring (bicyclic) bond motifs is 1. The van der Waals surface area contributed by atoms with Crippen LogP contribution in [0, 0.1) is 5.41 Å². The van der Waals surface area contributed by atoms with E-state index < -0.39 is 59.8 Å². The Balaban J connectivity index is 1.69. The average molecular weight is 514 g/mol. The molecule has 3 rings (SSSR count). The Hall–Kier alpha value is -3.66. The number of carbonyl (C=O) groups excluding carboxylic acids is 3. The first kappa shape index (κ1) is 25.0. The zero-order valence-electron chi connectivity index (χ0n) is 17.3. The summed E-state index contributed by atoms with van der Waals surface area (Å²) in [5.41, 5.74) is 3.97. The van der Waals surface area contributed by atoms with Gasteiger partial charge in [0.1, 0.15) is 22.5 Å². The van der Waals surface area contributed by atoms with E-state index in [9.17, 15) is 24.0 Å². The van der Waals surface area contributed by atoms with Gasteiger partial charge in [0.2, 0.25) is 12.5 Å². The Morgan fingerprint density at radius 3 is 2.65 bits per heavy atom. The van der Waals surface area contributed by atoms with Crippen molar-refractivity contribution in [2.45, 2.75) is 11.4 Å². The van der Waals surface area contributed by atoms with Gasteiger partial charge in [-0.2, -0.15) is 0 Å². The van der Waals surface area contributed by atoms with E-state index in [0.29, 0.717) is 0 Å². The monoisotopic (exact) mass is 513 g/mol. The van der Waals surface area contributed by atoms with E-state index in [1.54, 1.807) is 0 Å². The molecular formula is C18H19N5O9S2. The second kappa shape index (κ2) is 10.1. The van der Waals surface area contributed by atoms with Gasteiger partial charge in [0, 0.05) is 17.7 Å². The van der Waals surface area contributed by atoms with Crippen molar-refractivity contribution in [2.24, 2.45) is 10.6 Å². The summed E-state index contributed by atoms with van der Waals surface area (Å²) in [6.07, 6.45) is 1.32. The molecule has 2 fully saturated rings. The van der Waals surface area contributed by atoms with Crippen molar-refractivity contribution in [3.63, 3.8) is 0 Å². The molecule has 2 unspecified atom stereocenters. The van der Waals surface area contributed by atoms with E-state index >= 15 is 0 Å². The van der Waals surface area contributed by atoms with Crippen LogP contribution < -0.4 is 11.1 Å². The molecule has 0 bridgehead atoms. The number of oxime groups is 1. The summed E-state index contributed by atoms with van der Waals surface area (Å²) in [5, 5.41) is 24.5. The number of carboxylic acids is 2. The molecule has 2 amide bonds.